The summed E-state index contributed by atoms with van der Waals surface area (Å²) in [5.74, 6) is -1.16. The van der Waals surface area contributed by atoms with Gasteiger partial charge in [-0.05, 0) is 27.2 Å². The van der Waals surface area contributed by atoms with Crippen molar-refractivity contribution in [1.82, 2.24) is 15.5 Å². The Hall–Kier alpha value is -1.79. The van der Waals surface area contributed by atoms with Crippen molar-refractivity contribution in [3.8, 4) is 0 Å². The van der Waals surface area contributed by atoms with Crippen molar-refractivity contribution >= 4 is 17.9 Å². The van der Waals surface area contributed by atoms with Crippen molar-refractivity contribution in [3.63, 3.8) is 0 Å². The van der Waals surface area contributed by atoms with E-state index in [2.05, 4.69) is 10.6 Å². The Kier molecular flexibility index (Phi) is 4.74. The minimum atomic E-state index is -0.902. The number of carboxylic acid groups (broad SMARTS) is 1. The van der Waals surface area contributed by atoms with Crippen LogP contribution in [0.3, 0.4) is 0 Å². The Bertz CT molecular complexity index is 383. The smallest absolute Gasteiger partial charge is 0.317 e. The standard InChI is InChI=1S/C12H21N3O4/c1-8(2)14-9(16)6-13-11(19)15-5-4-12(3,7-15)10(17)18/h8H,4-7H2,1-3H3,(H,13,19)(H,14,16)(H,17,18). The molecule has 1 atom stereocenters. The Labute approximate surface area is 112 Å². The van der Waals surface area contributed by atoms with Crippen LogP contribution in [-0.4, -0.2) is 53.6 Å². The number of rotatable bonds is 4. The number of carbonyl (C=O) groups is 3. The first-order chi connectivity index (χ1) is 8.74. The third-order valence-electron chi connectivity index (χ3n) is 3.13. The highest BCUT2D eigenvalue weighted by Gasteiger charge is 2.42. The molecule has 1 rings (SSSR count). The predicted octanol–water partition coefficient (Wildman–Crippen LogP) is 0.0172. The van der Waals surface area contributed by atoms with E-state index < -0.39 is 17.4 Å². The fourth-order valence-electron chi connectivity index (χ4n) is 1.95. The van der Waals surface area contributed by atoms with E-state index in [1.54, 1.807) is 6.92 Å². The Morgan fingerprint density at radius 2 is 2.00 bits per heavy atom. The summed E-state index contributed by atoms with van der Waals surface area (Å²) >= 11 is 0. The molecule has 3 N–H and O–H groups in total. The number of aliphatic carboxylic acids is 1. The first-order valence-corrected chi connectivity index (χ1v) is 6.30. The van der Waals surface area contributed by atoms with Crippen LogP contribution in [0.25, 0.3) is 0 Å². The lowest BCUT2D eigenvalue weighted by atomic mass is 9.90. The Balaban J connectivity index is 2.40. The van der Waals surface area contributed by atoms with Gasteiger partial charge < -0.3 is 20.6 Å². The van der Waals surface area contributed by atoms with Gasteiger partial charge in [0.25, 0.3) is 0 Å². The van der Waals surface area contributed by atoms with Crippen LogP contribution >= 0.6 is 0 Å². The van der Waals surface area contributed by atoms with Crippen LogP contribution in [0.1, 0.15) is 27.2 Å². The summed E-state index contributed by atoms with van der Waals surface area (Å²) in [6, 6.07) is -0.379. The van der Waals surface area contributed by atoms with Crippen molar-refractivity contribution < 1.29 is 19.5 Å². The van der Waals surface area contributed by atoms with Gasteiger partial charge >= 0.3 is 12.0 Å². The molecule has 0 radical (unpaired) electrons. The summed E-state index contributed by atoms with van der Waals surface area (Å²) in [6.45, 7) is 5.74. The second-order valence-electron chi connectivity index (χ2n) is 5.42. The van der Waals surface area contributed by atoms with Crippen LogP contribution in [0.5, 0.6) is 0 Å². The third-order valence-corrected chi connectivity index (χ3v) is 3.13. The van der Waals surface area contributed by atoms with Crippen LogP contribution < -0.4 is 10.6 Å². The van der Waals surface area contributed by atoms with Gasteiger partial charge in [0.05, 0.1) is 12.0 Å². The summed E-state index contributed by atoms with van der Waals surface area (Å²) in [4.78, 5) is 35.6. The molecule has 3 amide bonds. The van der Waals surface area contributed by atoms with Gasteiger partial charge in [0, 0.05) is 19.1 Å². The SMILES string of the molecule is CC(C)NC(=O)CNC(=O)N1CCC(C)(C(=O)O)C1. The lowest BCUT2D eigenvalue weighted by Crippen LogP contribution is -2.45. The molecule has 1 fully saturated rings. The first-order valence-electron chi connectivity index (χ1n) is 6.30. The van der Waals surface area contributed by atoms with Crippen molar-refractivity contribution in [3.05, 3.63) is 0 Å². The topological polar surface area (TPSA) is 98.7 Å². The van der Waals surface area contributed by atoms with Crippen molar-refractivity contribution in [1.29, 1.82) is 0 Å². The predicted molar refractivity (Wildman–Crippen MR) is 68.6 cm³/mol. The van der Waals surface area contributed by atoms with E-state index in [1.165, 1.54) is 4.90 Å². The maximum absolute atomic E-state index is 11.8. The number of hydrogen-bond acceptors (Lipinski definition) is 3. The second-order valence-corrected chi connectivity index (χ2v) is 5.42. The number of hydrogen-bond donors (Lipinski definition) is 3. The van der Waals surface area contributed by atoms with Gasteiger partial charge in [-0.3, -0.25) is 9.59 Å². The molecule has 0 aromatic heterocycles. The second kappa shape index (κ2) is 5.90. The monoisotopic (exact) mass is 271 g/mol. The minimum absolute atomic E-state index is 0.0199. The fraction of sp³-hybridized carbons (Fsp3) is 0.750. The number of amides is 3. The van der Waals surface area contributed by atoms with Crippen LogP contribution in [0, 0.1) is 5.41 Å². The van der Waals surface area contributed by atoms with Crippen molar-refractivity contribution in [2.75, 3.05) is 19.6 Å². The van der Waals surface area contributed by atoms with Gasteiger partial charge in [-0.25, -0.2) is 4.79 Å². The summed E-state index contributed by atoms with van der Waals surface area (Å²) in [5, 5.41) is 14.2. The van der Waals surface area contributed by atoms with Crippen molar-refractivity contribution in [2.45, 2.75) is 33.2 Å². The molecule has 0 aromatic rings. The third kappa shape index (κ3) is 4.11. The Morgan fingerprint density at radius 1 is 1.37 bits per heavy atom. The van der Waals surface area contributed by atoms with Gasteiger partial charge in [0.15, 0.2) is 0 Å². The highest BCUT2D eigenvalue weighted by atomic mass is 16.4. The van der Waals surface area contributed by atoms with Crippen LogP contribution in [0.2, 0.25) is 0 Å². The zero-order valence-electron chi connectivity index (χ0n) is 11.5. The lowest BCUT2D eigenvalue weighted by Gasteiger charge is -2.20. The molecule has 1 unspecified atom stereocenters. The van der Waals surface area contributed by atoms with Gasteiger partial charge in [0.1, 0.15) is 0 Å². The number of urea groups is 1. The van der Waals surface area contributed by atoms with Crippen LogP contribution in [0.4, 0.5) is 4.79 Å². The van der Waals surface area contributed by atoms with E-state index in [0.717, 1.165) is 0 Å². The Morgan fingerprint density at radius 3 is 2.47 bits per heavy atom. The number of nitrogens with one attached hydrogen (secondary N) is 2. The molecule has 1 saturated heterocycles. The summed E-state index contributed by atoms with van der Waals surface area (Å²) < 4.78 is 0. The molecule has 1 heterocycles. The molecule has 7 heteroatoms. The molecule has 0 spiro atoms. The molecule has 7 nitrogen and oxygen atoms in total. The number of carbonyl (C=O) groups excluding carboxylic acids is 2. The average molecular weight is 271 g/mol. The molecule has 1 aliphatic heterocycles. The van der Waals surface area contributed by atoms with E-state index in [4.69, 9.17) is 5.11 Å². The summed E-state index contributed by atoms with van der Waals surface area (Å²) in [7, 11) is 0. The van der Waals surface area contributed by atoms with Crippen molar-refractivity contribution in [2.24, 2.45) is 5.41 Å². The lowest BCUT2D eigenvalue weighted by molar-refractivity contribution is -0.147. The molecular weight excluding hydrogens is 250 g/mol. The van der Waals surface area contributed by atoms with Crippen LogP contribution in [0.15, 0.2) is 0 Å². The highest BCUT2D eigenvalue weighted by molar-refractivity contribution is 5.85. The molecule has 0 aromatic carbocycles. The van der Waals surface area contributed by atoms with Crippen LogP contribution in [-0.2, 0) is 9.59 Å². The zero-order valence-corrected chi connectivity index (χ0v) is 11.5. The molecule has 1 aliphatic rings. The summed E-state index contributed by atoms with van der Waals surface area (Å²) in [6.07, 6.45) is 0.425. The fourth-order valence-corrected chi connectivity index (χ4v) is 1.95. The quantitative estimate of drug-likeness (QED) is 0.671. The molecule has 108 valence electrons. The number of likely N-dealkylation sites (tertiary alicyclic amines) is 1. The molecule has 19 heavy (non-hydrogen) atoms. The molecule has 0 saturated carbocycles. The van der Waals surface area contributed by atoms with E-state index in [-0.39, 0.29) is 25.0 Å². The first kappa shape index (κ1) is 15.3. The average Bonchev–Trinajstić information content (AvgIpc) is 2.69. The van der Waals surface area contributed by atoms with E-state index in [9.17, 15) is 14.4 Å². The van der Waals surface area contributed by atoms with E-state index in [1.807, 2.05) is 13.8 Å². The largest absolute Gasteiger partial charge is 0.481 e. The van der Waals surface area contributed by atoms with Gasteiger partial charge in [-0.15, -0.1) is 0 Å². The molecule has 0 aliphatic carbocycles. The molecule has 0 bridgehead atoms. The van der Waals surface area contributed by atoms with E-state index >= 15 is 0 Å². The molecular formula is C12H21N3O4. The van der Waals surface area contributed by atoms with Gasteiger partial charge in [-0.1, -0.05) is 0 Å². The maximum atomic E-state index is 11.8. The zero-order chi connectivity index (χ0) is 14.6. The maximum Gasteiger partial charge on any atom is 0.317 e. The normalized spacial score (nSPS) is 22.4. The van der Waals surface area contributed by atoms with Gasteiger partial charge in [-0.2, -0.15) is 0 Å². The number of nitrogens with zero attached hydrogens (tertiary/aromatic N) is 1. The van der Waals surface area contributed by atoms with E-state index in [0.29, 0.717) is 13.0 Å². The highest BCUT2D eigenvalue weighted by Crippen LogP contribution is 2.29. The number of carboxylic acids is 1. The minimum Gasteiger partial charge on any atom is -0.481 e. The summed E-state index contributed by atoms with van der Waals surface area (Å²) in [5.41, 5.74) is -0.891. The van der Waals surface area contributed by atoms with Gasteiger partial charge in [0.2, 0.25) is 5.91 Å².